The summed E-state index contributed by atoms with van der Waals surface area (Å²) in [5.74, 6) is -1.12. The van der Waals surface area contributed by atoms with Crippen LogP contribution in [0.5, 0.6) is 0 Å². The zero-order chi connectivity index (χ0) is 20.7. The number of imide groups is 1. The van der Waals surface area contributed by atoms with Crippen molar-refractivity contribution in [3.63, 3.8) is 0 Å². The first kappa shape index (κ1) is 20.9. The molecule has 0 aliphatic heterocycles. The fraction of sp³-hybridized carbons (Fsp3) is 0.318. The summed E-state index contributed by atoms with van der Waals surface area (Å²) in [5, 5.41) is 5.35. The lowest BCUT2D eigenvalue weighted by atomic mass is 9.79. The number of carbonyl (C=O) groups excluding carboxylic acids is 3. The highest BCUT2D eigenvalue weighted by Crippen LogP contribution is 2.42. The van der Waals surface area contributed by atoms with Gasteiger partial charge >= 0.3 is 12.0 Å². The van der Waals surface area contributed by atoms with E-state index in [-0.39, 0.29) is 0 Å². The van der Waals surface area contributed by atoms with E-state index in [1.54, 1.807) is 12.1 Å². The van der Waals surface area contributed by atoms with Crippen molar-refractivity contribution in [2.45, 2.75) is 37.6 Å². The molecular weight excluding hydrogens is 392 g/mol. The summed E-state index contributed by atoms with van der Waals surface area (Å²) in [6.07, 6.45) is 3.14. The zero-order valence-corrected chi connectivity index (χ0v) is 16.7. The number of halogens is 1. The molecule has 0 bridgehead atoms. The number of hydrogen-bond donors (Lipinski definition) is 2. The molecule has 0 spiro atoms. The molecule has 3 amide bonds. The number of amides is 3. The Labute approximate surface area is 174 Å². The molecule has 0 saturated heterocycles. The SMILES string of the molecule is O=C(COC(=O)C1(c2ccc(Cl)cc2)CCCC1)NC(=O)NCc1ccccc1. The average molecular weight is 415 g/mol. The highest BCUT2D eigenvalue weighted by molar-refractivity contribution is 6.30. The minimum atomic E-state index is -0.763. The van der Waals surface area contributed by atoms with E-state index in [4.69, 9.17) is 16.3 Å². The van der Waals surface area contributed by atoms with Crippen LogP contribution < -0.4 is 10.6 Å². The van der Waals surface area contributed by atoms with Crippen molar-refractivity contribution >= 4 is 29.5 Å². The third kappa shape index (κ3) is 5.35. The molecule has 1 fully saturated rings. The smallest absolute Gasteiger partial charge is 0.321 e. The summed E-state index contributed by atoms with van der Waals surface area (Å²) >= 11 is 5.95. The van der Waals surface area contributed by atoms with Crippen LogP contribution in [0.25, 0.3) is 0 Å². The molecule has 2 aromatic carbocycles. The standard InChI is InChI=1S/C22H23ClN2O4/c23-18-10-8-17(9-11-18)22(12-4-5-13-22)20(27)29-15-19(26)25-21(28)24-14-16-6-2-1-3-7-16/h1-3,6-11H,4-5,12-15H2,(H2,24,25,26,28). The molecule has 2 aromatic rings. The van der Waals surface area contributed by atoms with Crippen molar-refractivity contribution in [3.05, 3.63) is 70.7 Å². The van der Waals surface area contributed by atoms with Gasteiger partial charge in [-0.15, -0.1) is 0 Å². The molecule has 29 heavy (non-hydrogen) atoms. The molecule has 3 rings (SSSR count). The number of nitrogens with one attached hydrogen (secondary N) is 2. The van der Waals surface area contributed by atoms with E-state index in [0.717, 1.165) is 24.0 Å². The predicted molar refractivity (Wildman–Crippen MR) is 109 cm³/mol. The van der Waals surface area contributed by atoms with E-state index in [1.807, 2.05) is 42.5 Å². The Morgan fingerprint density at radius 3 is 2.28 bits per heavy atom. The molecule has 7 heteroatoms. The molecule has 1 aliphatic rings. The highest BCUT2D eigenvalue weighted by Gasteiger charge is 2.44. The van der Waals surface area contributed by atoms with Crippen molar-refractivity contribution in [2.75, 3.05) is 6.61 Å². The van der Waals surface area contributed by atoms with Crippen molar-refractivity contribution in [3.8, 4) is 0 Å². The minimum Gasteiger partial charge on any atom is -0.455 e. The van der Waals surface area contributed by atoms with Gasteiger partial charge in [0.05, 0.1) is 5.41 Å². The second-order valence-corrected chi connectivity index (χ2v) is 7.53. The Morgan fingerprint density at radius 1 is 0.966 bits per heavy atom. The Morgan fingerprint density at radius 2 is 1.62 bits per heavy atom. The van der Waals surface area contributed by atoms with Gasteiger partial charge in [-0.1, -0.05) is 66.9 Å². The molecular formula is C22H23ClN2O4. The number of carbonyl (C=O) groups is 3. The summed E-state index contributed by atoms with van der Waals surface area (Å²) < 4.78 is 5.28. The summed E-state index contributed by atoms with van der Waals surface area (Å²) in [4.78, 5) is 36.7. The Bertz CT molecular complexity index is 862. The molecule has 6 nitrogen and oxygen atoms in total. The summed E-state index contributed by atoms with van der Waals surface area (Å²) in [6.45, 7) is -0.216. The first-order valence-electron chi connectivity index (χ1n) is 9.54. The molecule has 0 aromatic heterocycles. The molecule has 1 aliphatic carbocycles. The number of esters is 1. The maximum atomic E-state index is 12.8. The number of benzene rings is 2. The maximum absolute atomic E-state index is 12.8. The largest absolute Gasteiger partial charge is 0.455 e. The Hall–Kier alpha value is -2.86. The molecule has 0 atom stereocenters. The van der Waals surface area contributed by atoms with Crippen molar-refractivity contribution in [1.29, 1.82) is 0 Å². The van der Waals surface area contributed by atoms with Gasteiger partial charge in [0.15, 0.2) is 6.61 Å². The second-order valence-electron chi connectivity index (χ2n) is 7.09. The Kier molecular flexibility index (Phi) is 6.88. The third-order valence-electron chi connectivity index (χ3n) is 5.13. The predicted octanol–water partition coefficient (Wildman–Crippen LogP) is 3.72. The lowest BCUT2D eigenvalue weighted by molar-refractivity contribution is -0.154. The summed E-state index contributed by atoms with van der Waals surface area (Å²) in [5.41, 5.74) is 0.985. The summed E-state index contributed by atoms with van der Waals surface area (Å²) in [6, 6.07) is 15.8. The quantitative estimate of drug-likeness (QED) is 0.705. The van der Waals surface area contributed by atoms with Gasteiger partial charge in [0.1, 0.15) is 0 Å². The van der Waals surface area contributed by atoms with E-state index < -0.39 is 29.9 Å². The maximum Gasteiger partial charge on any atom is 0.321 e. The zero-order valence-electron chi connectivity index (χ0n) is 15.9. The van der Waals surface area contributed by atoms with Gasteiger partial charge < -0.3 is 10.1 Å². The monoisotopic (exact) mass is 414 g/mol. The van der Waals surface area contributed by atoms with E-state index in [0.29, 0.717) is 24.4 Å². The third-order valence-corrected chi connectivity index (χ3v) is 5.38. The van der Waals surface area contributed by atoms with Gasteiger partial charge in [-0.25, -0.2) is 4.79 Å². The van der Waals surface area contributed by atoms with E-state index in [2.05, 4.69) is 10.6 Å². The van der Waals surface area contributed by atoms with Crippen molar-refractivity contribution in [2.24, 2.45) is 0 Å². The molecule has 152 valence electrons. The van der Waals surface area contributed by atoms with Gasteiger partial charge in [0.2, 0.25) is 0 Å². The van der Waals surface area contributed by atoms with Gasteiger partial charge in [-0.2, -0.15) is 0 Å². The van der Waals surface area contributed by atoms with Crippen LogP contribution in [0.3, 0.4) is 0 Å². The van der Waals surface area contributed by atoms with E-state index >= 15 is 0 Å². The molecule has 0 heterocycles. The van der Waals surface area contributed by atoms with Crippen LogP contribution in [0.4, 0.5) is 4.79 Å². The average Bonchev–Trinajstić information content (AvgIpc) is 3.23. The van der Waals surface area contributed by atoms with Crippen LogP contribution in [0.2, 0.25) is 5.02 Å². The van der Waals surface area contributed by atoms with Crippen LogP contribution in [-0.4, -0.2) is 24.5 Å². The molecule has 1 saturated carbocycles. The van der Waals surface area contributed by atoms with E-state index in [1.165, 1.54) is 0 Å². The lowest BCUT2D eigenvalue weighted by Crippen LogP contribution is -2.42. The number of hydrogen-bond acceptors (Lipinski definition) is 4. The fourth-order valence-corrected chi connectivity index (χ4v) is 3.74. The normalized spacial score (nSPS) is 14.8. The van der Waals surface area contributed by atoms with E-state index in [9.17, 15) is 14.4 Å². The van der Waals surface area contributed by atoms with Crippen LogP contribution in [0.15, 0.2) is 54.6 Å². The van der Waals surface area contributed by atoms with Crippen molar-refractivity contribution < 1.29 is 19.1 Å². The second kappa shape index (κ2) is 9.56. The van der Waals surface area contributed by atoms with Crippen molar-refractivity contribution in [1.82, 2.24) is 10.6 Å². The highest BCUT2D eigenvalue weighted by atomic mass is 35.5. The molecule has 0 radical (unpaired) electrons. The first-order valence-corrected chi connectivity index (χ1v) is 9.92. The van der Waals surface area contributed by atoms with Crippen LogP contribution in [0.1, 0.15) is 36.8 Å². The van der Waals surface area contributed by atoms with Crippen LogP contribution >= 0.6 is 11.6 Å². The lowest BCUT2D eigenvalue weighted by Gasteiger charge is -2.27. The van der Waals surface area contributed by atoms with Gasteiger partial charge in [-0.05, 0) is 36.1 Å². The van der Waals surface area contributed by atoms with Gasteiger partial charge in [-0.3, -0.25) is 14.9 Å². The molecule has 2 N–H and O–H groups in total. The Balaban J connectivity index is 1.51. The fourth-order valence-electron chi connectivity index (χ4n) is 3.61. The van der Waals surface area contributed by atoms with Gasteiger partial charge in [0.25, 0.3) is 5.91 Å². The topological polar surface area (TPSA) is 84.5 Å². The van der Waals surface area contributed by atoms with Crippen LogP contribution in [-0.2, 0) is 26.3 Å². The number of rotatable bonds is 6. The number of ether oxygens (including phenoxy) is 1. The summed E-state index contributed by atoms with van der Waals surface area (Å²) in [7, 11) is 0. The minimum absolute atomic E-state index is 0.291. The van der Waals surface area contributed by atoms with Crippen LogP contribution in [0, 0.1) is 0 Å². The first-order chi connectivity index (χ1) is 14.0. The molecule has 0 unspecified atom stereocenters. The van der Waals surface area contributed by atoms with Gasteiger partial charge in [0, 0.05) is 11.6 Å². The number of urea groups is 1.